The van der Waals surface area contributed by atoms with E-state index in [1.165, 1.54) is 6.92 Å². The van der Waals surface area contributed by atoms with Crippen LogP contribution in [0.4, 0.5) is 0 Å². The summed E-state index contributed by atoms with van der Waals surface area (Å²) >= 11 is 1.54. The van der Waals surface area contributed by atoms with E-state index < -0.39 is 5.97 Å². The molecule has 2 aromatic rings. The molecular formula is C15H13NO2S. The van der Waals surface area contributed by atoms with E-state index >= 15 is 0 Å². The lowest BCUT2D eigenvalue weighted by Crippen LogP contribution is -1.98. The largest absolute Gasteiger partial charge is 0.332 e. The minimum atomic E-state index is -0.429. The molecule has 2 rings (SSSR count). The topological polar surface area (TPSA) is 38.7 Å². The molecule has 0 N–H and O–H groups in total. The van der Waals surface area contributed by atoms with Gasteiger partial charge in [0.2, 0.25) is 0 Å². The summed E-state index contributed by atoms with van der Waals surface area (Å²) in [6, 6.07) is 13.7. The maximum absolute atomic E-state index is 10.8. The molecule has 0 radical (unpaired) electrons. The summed E-state index contributed by atoms with van der Waals surface area (Å²) in [5, 5.41) is 5.82. The summed E-state index contributed by atoms with van der Waals surface area (Å²) in [6.45, 7) is 1.33. The Morgan fingerprint density at radius 3 is 2.63 bits per heavy atom. The maximum atomic E-state index is 10.8. The average molecular weight is 271 g/mol. The van der Waals surface area contributed by atoms with E-state index in [0.29, 0.717) is 5.71 Å². The molecule has 0 unspecified atom stereocenters. The van der Waals surface area contributed by atoms with E-state index in [-0.39, 0.29) is 0 Å². The standard InChI is InChI=1S/C15H13NO2S/c1-12(17)18-16-14(15-8-5-11-19-15)10-9-13-6-3-2-4-7-13/h2-11H,1H3. The van der Waals surface area contributed by atoms with Crippen LogP contribution in [-0.2, 0) is 9.63 Å². The summed E-state index contributed by atoms with van der Waals surface area (Å²) in [7, 11) is 0. The molecule has 0 aliphatic carbocycles. The van der Waals surface area contributed by atoms with Gasteiger partial charge < -0.3 is 4.84 Å². The van der Waals surface area contributed by atoms with Crippen LogP contribution in [-0.4, -0.2) is 11.7 Å². The van der Waals surface area contributed by atoms with Crippen molar-refractivity contribution >= 4 is 29.1 Å². The number of rotatable bonds is 4. The van der Waals surface area contributed by atoms with Crippen molar-refractivity contribution in [3.63, 3.8) is 0 Å². The molecule has 4 heteroatoms. The van der Waals surface area contributed by atoms with Gasteiger partial charge in [-0.05, 0) is 23.1 Å². The molecule has 0 aliphatic rings. The van der Waals surface area contributed by atoms with Gasteiger partial charge in [-0.3, -0.25) is 0 Å². The molecule has 3 nitrogen and oxygen atoms in total. The first kappa shape index (κ1) is 13.2. The van der Waals surface area contributed by atoms with Crippen molar-refractivity contribution in [2.24, 2.45) is 5.16 Å². The van der Waals surface area contributed by atoms with Gasteiger partial charge in [-0.2, -0.15) is 0 Å². The summed E-state index contributed by atoms with van der Waals surface area (Å²) in [5.74, 6) is -0.429. The van der Waals surface area contributed by atoms with E-state index in [0.717, 1.165) is 10.4 Å². The minimum absolute atomic E-state index is 0.429. The van der Waals surface area contributed by atoms with Crippen LogP contribution in [0.15, 0.2) is 59.1 Å². The van der Waals surface area contributed by atoms with Crippen LogP contribution in [0.1, 0.15) is 17.4 Å². The molecule has 0 amide bonds. The highest BCUT2D eigenvalue weighted by molar-refractivity contribution is 7.12. The van der Waals surface area contributed by atoms with Gasteiger partial charge in [0, 0.05) is 6.92 Å². The van der Waals surface area contributed by atoms with Gasteiger partial charge in [-0.1, -0.05) is 47.6 Å². The molecule has 0 saturated carbocycles. The van der Waals surface area contributed by atoms with E-state index in [2.05, 4.69) is 5.16 Å². The number of thiophene rings is 1. The highest BCUT2D eigenvalue weighted by atomic mass is 32.1. The van der Waals surface area contributed by atoms with Crippen LogP contribution >= 0.6 is 11.3 Å². The lowest BCUT2D eigenvalue weighted by molar-refractivity contribution is -0.140. The van der Waals surface area contributed by atoms with Gasteiger partial charge in [0.15, 0.2) is 0 Å². The SMILES string of the molecule is CC(=O)ON=C(C=Cc1ccccc1)c1cccs1. The summed E-state index contributed by atoms with van der Waals surface area (Å²) in [5.41, 5.74) is 1.70. The van der Waals surface area contributed by atoms with Crippen molar-refractivity contribution in [1.29, 1.82) is 0 Å². The zero-order valence-corrected chi connectivity index (χ0v) is 11.3. The van der Waals surface area contributed by atoms with Gasteiger partial charge >= 0.3 is 5.97 Å². The molecule has 0 saturated heterocycles. The minimum Gasteiger partial charge on any atom is -0.318 e. The van der Waals surface area contributed by atoms with Crippen molar-refractivity contribution in [1.82, 2.24) is 0 Å². The molecule has 19 heavy (non-hydrogen) atoms. The Morgan fingerprint density at radius 1 is 1.21 bits per heavy atom. The average Bonchev–Trinajstić information content (AvgIpc) is 2.93. The first-order valence-corrected chi connectivity index (χ1v) is 6.66. The monoisotopic (exact) mass is 271 g/mol. The molecule has 1 aromatic heterocycles. The van der Waals surface area contributed by atoms with Crippen LogP contribution in [0, 0.1) is 0 Å². The lowest BCUT2D eigenvalue weighted by atomic mass is 10.2. The Bertz CT molecular complexity index is 586. The molecule has 1 heterocycles. The zero-order chi connectivity index (χ0) is 13.5. The molecule has 96 valence electrons. The van der Waals surface area contributed by atoms with Gasteiger partial charge in [0.25, 0.3) is 0 Å². The second-order valence-corrected chi connectivity index (χ2v) is 4.73. The third-order valence-corrected chi connectivity index (χ3v) is 3.17. The fourth-order valence-electron chi connectivity index (χ4n) is 1.43. The van der Waals surface area contributed by atoms with Crippen LogP contribution in [0.3, 0.4) is 0 Å². The lowest BCUT2D eigenvalue weighted by Gasteiger charge is -1.97. The quantitative estimate of drug-likeness (QED) is 0.483. The summed E-state index contributed by atoms with van der Waals surface area (Å²) < 4.78 is 0. The molecule has 0 spiro atoms. The number of carbonyl (C=O) groups is 1. The number of benzene rings is 1. The predicted octanol–water partition coefficient (Wildman–Crippen LogP) is 3.73. The normalized spacial score (nSPS) is 11.7. The van der Waals surface area contributed by atoms with Crippen molar-refractivity contribution in [2.75, 3.05) is 0 Å². The van der Waals surface area contributed by atoms with Gasteiger partial charge in [-0.25, -0.2) is 4.79 Å². The number of nitrogens with zero attached hydrogens (tertiary/aromatic N) is 1. The Kier molecular flexibility index (Phi) is 4.64. The van der Waals surface area contributed by atoms with Gasteiger partial charge in [0.05, 0.1) is 4.88 Å². The fourth-order valence-corrected chi connectivity index (χ4v) is 2.12. The second-order valence-electron chi connectivity index (χ2n) is 3.78. The zero-order valence-electron chi connectivity index (χ0n) is 10.4. The van der Waals surface area contributed by atoms with Crippen molar-refractivity contribution in [3.05, 3.63) is 64.4 Å². The highest BCUT2D eigenvalue weighted by Gasteiger charge is 2.02. The van der Waals surface area contributed by atoms with Crippen molar-refractivity contribution in [2.45, 2.75) is 6.92 Å². The molecule has 0 bridgehead atoms. The van der Waals surface area contributed by atoms with Crippen molar-refractivity contribution in [3.8, 4) is 0 Å². The number of carbonyl (C=O) groups excluding carboxylic acids is 1. The van der Waals surface area contributed by atoms with E-state index in [1.807, 2.05) is 60.0 Å². The second kappa shape index (κ2) is 6.66. The first-order valence-electron chi connectivity index (χ1n) is 5.78. The van der Waals surface area contributed by atoms with Gasteiger partial charge in [-0.15, -0.1) is 11.3 Å². The van der Waals surface area contributed by atoms with Crippen LogP contribution in [0.5, 0.6) is 0 Å². The highest BCUT2D eigenvalue weighted by Crippen LogP contribution is 2.13. The molecule has 0 aliphatic heterocycles. The predicted molar refractivity (Wildman–Crippen MR) is 78.1 cm³/mol. The number of allylic oxidation sites excluding steroid dienone is 1. The molecule has 1 aromatic carbocycles. The number of hydrogen-bond donors (Lipinski definition) is 0. The van der Waals surface area contributed by atoms with Crippen LogP contribution in [0.2, 0.25) is 0 Å². The van der Waals surface area contributed by atoms with E-state index in [4.69, 9.17) is 4.84 Å². The number of oxime groups is 1. The van der Waals surface area contributed by atoms with E-state index in [9.17, 15) is 4.79 Å². The van der Waals surface area contributed by atoms with Crippen LogP contribution < -0.4 is 0 Å². The Morgan fingerprint density at radius 2 is 2.00 bits per heavy atom. The van der Waals surface area contributed by atoms with Gasteiger partial charge in [0.1, 0.15) is 5.71 Å². The molecule has 0 fully saturated rings. The maximum Gasteiger partial charge on any atom is 0.332 e. The third-order valence-electron chi connectivity index (χ3n) is 2.28. The molecular weight excluding hydrogens is 258 g/mol. The Labute approximate surface area is 115 Å². The number of hydrogen-bond acceptors (Lipinski definition) is 4. The summed E-state index contributed by atoms with van der Waals surface area (Å²) in [6.07, 6.45) is 3.77. The Balaban J connectivity index is 2.21. The third kappa shape index (κ3) is 4.19. The Hall–Kier alpha value is -2.20. The smallest absolute Gasteiger partial charge is 0.318 e. The first-order chi connectivity index (χ1) is 9.25. The fraction of sp³-hybridized carbons (Fsp3) is 0.0667. The van der Waals surface area contributed by atoms with E-state index in [1.54, 1.807) is 11.3 Å². The van der Waals surface area contributed by atoms with Crippen LogP contribution in [0.25, 0.3) is 6.08 Å². The van der Waals surface area contributed by atoms with Crippen molar-refractivity contribution < 1.29 is 9.63 Å². The summed E-state index contributed by atoms with van der Waals surface area (Å²) in [4.78, 5) is 16.5. The molecule has 0 atom stereocenters.